The molecule has 0 spiro atoms. The van der Waals surface area contributed by atoms with E-state index in [1.54, 1.807) is 0 Å². The van der Waals surface area contributed by atoms with Gasteiger partial charge in [0, 0.05) is 12.2 Å². The van der Waals surface area contributed by atoms with Crippen LogP contribution >= 0.6 is 27.5 Å². The lowest BCUT2D eigenvalue weighted by Gasteiger charge is -2.27. The SMILES string of the molecule is Clc1cc(C2=CCC[C@H]3CCN[C@@H]23)cnc1Br. The molecule has 0 bridgehead atoms. The first-order chi connectivity index (χ1) is 8.25. The van der Waals surface area contributed by atoms with Crippen LogP contribution in [0.3, 0.4) is 0 Å². The predicted octanol–water partition coefficient (Wildman–Crippen LogP) is 3.65. The van der Waals surface area contributed by atoms with Crippen molar-refractivity contribution in [2.24, 2.45) is 5.92 Å². The van der Waals surface area contributed by atoms with Gasteiger partial charge in [-0.25, -0.2) is 4.98 Å². The fourth-order valence-corrected chi connectivity index (χ4v) is 3.27. The zero-order chi connectivity index (χ0) is 11.8. The Morgan fingerprint density at radius 2 is 2.29 bits per heavy atom. The molecule has 1 saturated heterocycles. The van der Waals surface area contributed by atoms with E-state index in [4.69, 9.17) is 11.6 Å². The van der Waals surface area contributed by atoms with Gasteiger partial charge in [0.1, 0.15) is 4.60 Å². The van der Waals surface area contributed by atoms with Crippen molar-refractivity contribution >= 4 is 33.1 Å². The quantitative estimate of drug-likeness (QED) is 0.801. The number of fused-ring (bicyclic) bond motifs is 1. The molecule has 0 aromatic carbocycles. The summed E-state index contributed by atoms with van der Waals surface area (Å²) in [6.45, 7) is 1.13. The first-order valence-electron chi connectivity index (χ1n) is 6.00. The third-order valence-corrected chi connectivity index (χ3v) is 4.87. The Hall–Kier alpha value is -0.380. The summed E-state index contributed by atoms with van der Waals surface area (Å²) in [5.74, 6) is 0.789. The Balaban J connectivity index is 1.97. The maximum absolute atomic E-state index is 6.12. The van der Waals surface area contributed by atoms with Crippen LogP contribution in [0.15, 0.2) is 22.9 Å². The molecule has 0 amide bonds. The highest BCUT2D eigenvalue weighted by atomic mass is 79.9. The number of pyridine rings is 1. The molecule has 1 aromatic heterocycles. The third-order valence-electron chi connectivity index (χ3n) is 3.72. The third kappa shape index (κ3) is 2.16. The number of hydrogen-bond acceptors (Lipinski definition) is 2. The minimum absolute atomic E-state index is 0.503. The van der Waals surface area contributed by atoms with Crippen molar-refractivity contribution in [1.82, 2.24) is 10.3 Å². The Morgan fingerprint density at radius 3 is 3.12 bits per heavy atom. The lowest BCUT2D eigenvalue weighted by atomic mass is 9.82. The minimum Gasteiger partial charge on any atom is -0.310 e. The van der Waals surface area contributed by atoms with Gasteiger partial charge in [-0.15, -0.1) is 0 Å². The number of nitrogens with zero attached hydrogens (tertiary/aromatic N) is 1. The smallest absolute Gasteiger partial charge is 0.124 e. The predicted molar refractivity (Wildman–Crippen MR) is 74.1 cm³/mol. The van der Waals surface area contributed by atoms with E-state index in [2.05, 4.69) is 32.3 Å². The van der Waals surface area contributed by atoms with Gasteiger partial charge in [-0.3, -0.25) is 0 Å². The molecule has 1 fully saturated rings. The van der Waals surface area contributed by atoms with Crippen LogP contribution in [0, 0.1) is 5.92 Å². The highest BCUT2D eigenvalue weighted by Crippen LogP contribution is 2.37. The van der Waals surface area contributed by atoms with Crippen molar-refractivity contribution in [3.8, 4) is 0 Å². The summed E-state index contributed by atoms with van der Waals surface area (Å²) in [6, 6.07) is 2.51. The lowest BCUT2D eigenvalue weighted by Crippen LogP contribution is -2.30. The molecular formula is C13H14BrClN2. The van der Waals surface area contributed by atoms with Crippen molar-refractivity contribution < 1.29 is 0 Å². The van der Waals surface area contributed by atoms with E-state index in [0.29, 0.717) is 11.1 Å². The number of halogens is 2. The number of allylic oxidation sites excluding steroid dienone is 1. The molecule has 3 rings (SSSR count). The normalized spacial score (nSPS) is 27.8. The fourth-order valence-electron chi connectivity index (χ4n) is 2.89. The standard InChI is InChI=1S/C13H14BrClN2/c14-13-11(15)6-9(7-17-13)10-3-1-2-8-4-5-16-12(8)10/h3,6-8,12,16H,1-2,4-5H2/t8-,12+/m0/s1. The first-order valence-corrected chi connectivity index (χ1v) is 7.17. The van der Waals surface area contributed by atoms with Crippen LogP contribution in [0.2, 0.25) is 5.02 Å². The van der Waals surface area contributed by atoms with Gasteiger partial charge in [-0.05, 0) is 64.9 Å². The summed E-state index contributed by atoms with van der Waals surface area (Å²) in [7, 11) is 0. The second kappa shape index (κ2) is 4.71. The molecule has 1 aliphatic carbocycles. The Labute approximate surface area is 115 Å². The molecule has 1 aromatic rings. The molecule has 2 aliphatic rings. The maximum Gasteiger partial charge on any atom is 0.124 e. The molecule has 1 N–H and O–H groups in total. The number of hydrogen-bond donors (Lipinski definition) is 1. The second-order valence-corrected chi connectivity index (χ2v) is 5.87. The molecule has 17 heavy (non-hydrogen) atoms. The van der Waals surface area contributed by atoms with E-state index in [0.717, 1.165) is 22.6 Å². The average molecular weight is 314 g/mol. The number of rotatable bonds is 1. The summed E-state index contributed by atoms with van der Waals surface area (Å²) in [6.07, 6.45) is 8.01. The van der Waals surface area contributed by atoms with E-state index in [-0.39, 0.29) is 0 Å². The van der Waals surface area contributed by atoms with Crippen LogP contribution in [0.4, 0.5) is 0 Å². The summed E-state index contributed by atoms with van der Waals surface area (Å²) in [5.41, 5.74) is 2.53. The van der Waals surface area contributed by atoms with Crippen LogP contribution in [-0.2, 0) is 0 Å². The van der Waals surface area contributed by atoms with E-state index >= 15 is 0 Å². The van der Waals surface area contributed by atoms with Crippen LogP contribution in [0.5, 0.6) is 0 Å². The number of aromatic nitrogens is 1. The van der Waals surface area contributed by atoms with Gasteiger partial charge in [0.2, 0.25) is 0 Å². The molecule has 0 unspecified atom stereocenters. The largest absolute Gasteiger partial charge is 0.310 e. The Kier molecular flexibility index (Phi) is 3.24. The van der Waals surface area contributed by atoms with Gasteiger partial charge in [0.05, 0.1) is 5.02 Å². The van der Waals surface area contributed by atoms with Crippen LogP contribution in [0.1, 0.15) is 24.8 Å². The second-order valence-electron chi connectivity index (χ2n) is 4.71. The first kappa shape index (κ1) is 11.7. The molecule has 1 aliphatic heterocycles. The van der Waals surface area contributed by atoms with Gasteiger partial charge in [0.25, 0.3) is 0 Å². The average Bonchev–Trinajstić information content (AvgIpc) is 2.80. The van der Waals surface area contributed by atoms with Gasteiger partial charge >= 0.3 is 0 Å². The van der Waals surface area contributed by atoms with Crippen LogP contribution < -0.4 is 5.32 Å². The van der Waals surface area contributed by atoms with E-state index in [1.165, 1.54) is 24.8 Å². The van der Waals surface area contributed by atoms with Gasteiger partial charge < -0.3 is 5.32 Å². The summed E-state index contributed by atoms with van der Waals surface area (Å²) in [4.78, 5) is 4.28. The fraction of sp³-hybridized carbons (Fsp3) is 0.462. The molecular weight excluding hydrogens is 300 g/mol. The minimum atomic E-state index is 0.503. The van der Waals surface area contributed by atoms with Crippen molar-refractivity contribution in [1.29, 1.82) is 0 Å². The zero-order valence-electron chi connectivity index (χ0n) is 9.42. The van der Waals surface area contributed by atoms with Gasteiger partial charge in [-0.2, -0.15) is 0 Å². The van der Waals surface area contributed by atoms with Crippen LogP contribution in [0.25, 0.3) is 5.57 Å². The highest BCUT2D eigenvalue weighted by molar-refractivity contribution is 9.10. The molecule has 4 heteroatoms. The molecule has 0 saturated carbocycles. The monoisotopic (exact) mass is 312 g/mol. The molecule has 2 nitrogen and oxygen atoms in total. The van der Waals surface area contributed by atoms with E-state index < -0.39 is 0 Å². The Morgan fingerprint density at radius 1 is 1.41 bits per heavy atom. The van der Waals surface area contributed by atoms with Gasteiger partial charge in [0.15, 0.2) is 0 Å². The Bertz CT molecular complexity index is 472. The van der Waals surface area contributed by atoms with Crippen molar-refractivity contribution in [2.45, 2.75) is 25.3 Å². The molecule has 90 valence electrons. The zero-order valence-corrected chi connectivity index (χ0v) is 11.8. The summed E-state index contributed by atoms with van der Waals surface area (Å²) >= 11 is 9.45. The molecule has 0 radical (unpaired) electrons. The topological polar surface area (TPSA) is 24.9 Å². The summed E-state index contributed by atoms with van der Waals surface area (Å²) in [5, 5.41) is 4.27. The van der Waals surface area contributed by atoms with Gasteiger partial charge in [-0.1, -0.05) is 17.7 Å². The lowest BCUT2D eigenvalue weighted by molar-refractivity contribution is 0.470. The van der Waals surface area contributed by atoms with Crippen LogP contribution in [-0.4, -0.2) is 17.6 Å². The van der Waals surface area contributed by atoms with E-state index in [9.17, 15) is 0 Å². The molecule has 2 heterocycles. The molecule has 2 atom stereocenters. The van der Waals surface area contributed by atoms with E-state index in [1.807, 2.05) is 12.3 Å². The van der Waals surface area contributed by atoms with Crippen molar-refractivity contribution in [3.63, 3.8) is 0 Å². The highest BCUT2D eigenvalue weighted by Gasteiger charge is 2.32. The maximum atomic E-state index is 6.12. The number of nitrogens with one attached hydrogen (secondary N) is 1. The van der Waals surface area contributed by atoms with Crippen molar-refractivity contribution in [2.75, 3.05) is 6.54 Å². The summed E-state index contributed by atoms with van der Waals surface area (Å²) < 4.78 is 0.718. The van der Waals surface area contributed by atoms with Crippen molar-refractivity contribution in [3.05, 3.63) is 33.5 Å².